The number of ether oxygens (including phenoxy) is 3. The molecule has 3 rings (SSSR count). The summed E-state index contributed by atoms with van der Waals surface area (Å²) in [5.74, 6) is 0.365. The number of amides is 1. The van der Waals surface area contributed by atoms with Crippen molar-refractivity contribution in [1.29, 1.82) is 0 Å². The van der Waals surface area contributed by atoms with Gasteiger partial charge in [-0.3, -0.25) is 4.79 Å². The van der Waals surface area contributed by atoms with Crippen LogP contribution < -0.4 is 14.8 Å². The molecule has 1 amide bonds. The number of anilines is 1. The topological polar surface area (TPSA) is 86.2 Å². The van der Waals surface area contributed by atoms with Gasteiger partial charge in [-0.1, -0.05) is 18.5 Å². The van der Waals surface area contributed by atoms with Gasteiger partial charge in [-0.25, -0.2) is 9.79 Å². The highest BCUT2D eigenvalue weighted by Crippen LogP contribution is 2.37. The molecule has 0 saturated carbocycles. The van der Waals surface area contributed by atoms with Crippen molar-refractivity contribution in [2.45, 2.75) is 20.3 Å². The number of benzene rings is 2. The molecule has 1 N–H and O–H groups in total. The monoisotopic (exact) mass is 428 g/mol. The number of carbonyl (C=O) groups excluding carboxylic acids is 2. The molecule has 2 aromatic rings. The van der Waals surface area contributed by atoms with Crippen LogP contribution in [-0.2, 0) is 14.3 Å². The number of esters is 1. The van der Waals surface area contributed by atoms with Crippen LogP contribution in [-0.4, -0.2) is 31.5 Å². The Balaban J connectivity index is 1.87. The molecule has 0 spiro atoms. The second-order valence-corrected chi connectivity index (χ2v) is 6.88. The van der Waals surface area contributed by atoms with Crippen LogP contribution >= 0.6 is 11.6 Å². The molecule has 0 aromatic heterocycles. The first-order valence-electron chi connectivity index (χ1n) is 9.32. The molecule has 30 heavy (non-hydrogen) atoms. The molecule has 0 bridgehead atoms. The Morgan fingerprint density at radius 3 is 2.63 bits per heavy atom. The number of rotatable bonds is 7. The van der Waals surface area contributed by atoms with Crippen molar-refractivity contribution in [2.75, 3.05) is 19.0 Å². The van der Waals surface area contributed by atoms with Crippen LogP contribution in [0, 0.1) is 0 Å². The maximum absolute atomic E-state index is 12.3. The third-order valence-electron chi connectivity index (χ3n) is 4.08. The molecular formula is C22H21ClN2O5. The third-order valence-corrected chi connectivity index (χ3v) is 4.36. The molecule has 0 unspecified atom stereocenters. The molecule has 1 heterocycles. The molecule has 1 aliphatic heterocycles. The zero-order chi connectivity index (χ0) is 21.7. The number of aliphatic imine (C=N–C) groups is 1. The zero-order valence-electron chi connectivity index (χ0n) is 16.8. The van der Waals surface area contributed by atoms with E-state index in [1.54, 1.807) is 42.5 Å². The van der Waals surface area contributed by atoms with E-state index >= 15 is 0 Å². The van der Waals surface area contributed by atoms with E-state index in [9.17, 15) is 9.59 Å². The summed E-state index contributed by atoms with van der Waals surface area (Å²) in [6.07, 6.45) is 2.40. The van der Waals surface area contributed by atoms with Crippen molar-refractivity contribution >= 4 is 41.1 Å². The van der Waals surface area contributed by atoms with Gasteiger partial charge in [0.25, 0.3) is 0 Å². The zero-order valence-corrected chi connectivity index (χ0v) is 17.6. The summed E-state index contributed by atoms with van der Waals surface area (Å²) in [7, 11) is 1.52. The van der Waals surface area contributed by atoms with Crippen molar-refractivity contribution in [2.24, 2.45) is 4.99 Å². The summed E-state index contributed by atoms with van der Waals surface area (Å²) in [5.41, 5.74) is 2.01. The average Bonchev–Trinajstić information content (AvgIpc) is 3.07. The van der Waals surface area contributed by atoms with E-state index in [0.717, 1.165) is 6.42 Å². The van der Waals surface area contributed by atoms with Gasteiger partial charge < -0.3 is 19.5 Å². The Hall–Kier alpha value is -3.32. The van der Waals surface area contributed by atoms with Crippen molar-refractivity contribution in [3.63, 3.8) is 0 Å². The summed E-state index contributed by atoms with van der Waals surface area (Å²) in [6, 6.07) is 10.2. The summed E-state index contributed by atoms with van der Waals surface area (Å²) < 4.78 is 16.3. The highest BCUT2D eigenvalue weighted by molar-refractivity contribution is 6.32. The average molecular weight is 429 g/mol. The van der Waals surface area contributed by atoms with E-state index in [0.29, 0.717) is 39.9 Å². The van der Waals surface area contributed by atoms with E-state index < -0.39 is 5.97 Å². The van der Waals surface area contributed by atoms with Crippen LogP contribution in [0.15, 0.2) is 47.1 Å². The van der Waals surface area contributed by atoms with E-state index in [2.05, 4.69) is 10.3 Å². The minimum absolute atomic E-state index is 0.135. The van der Waals surface area contributed by atoms with Crippen molar-refractivity contribution in [3.05, 3.63) is 58.2 Å². The summed E-state index contributed by atoms with van der Waals surface area (Å²) in [6.45, 7) is 3.93. The smallest absolute Gasteiger partial charge is 0.363 e. The number of nitrogens with one attached hydrogen (secondary N) is 1. The second-order valence-electron chi connectivity index (χ2n) is 6.48. The number of cyclic esters (lactones) is 1. The first-order chi connectivity index (χ1) is 14.4. The van der Waals surface area contributed by atoms with Gasteiger partial charge in [0, 0.05) is 18.2 Å². The lowest BCUT2D eigenvalue weighted by atomic mass is 10.1. The molecule has 0 fully saturated rings. The van der Waals surface area contributed by atoms with E-state index in [1.165, 1.54) is 14.0 Å². The quantitative estimate of drug-likeness (QED) is 0.520. The van der Waals surface area contributed by atoms with Gasteiger partial charge >= 0.3 is 5.97 Å². The Bertz CT molecular complexity index is 1030. The van der Waals surface area contributed by atoms with Crippen LogP contribution in [0.3, 0.4) is 0 Å². The summed E-state index contributed by atoms with van der Waals surface area (Å²) in [5, 5.41) is 3.05. The van der Waals surface area contributed by atoms with Crippen LogP contribution in [0.1, 0.15) is 31.4 Å². The van der Waals surface area contributed by atoms with Gasteiger partial charge in [-0.2, -0.15) is 0 Å². The first-order valence-corrected chi connectivity index (χ1v) is 9.70. The number of hydrogen-bond donors (Lipinski definition) is 1. The van der Waals surface area contributed by atoms with Crippen LogP contribution in [0.4, 0.5) is 5.69 Å². The van der Waals surface area contributed by atoms with Gasteiger partial charge in [0.2, 0.25) is 11.8 Å². The summed E-state index contributed by atoms with van der Waals surface area (Å²) in [4.78, 5) is 27.7. The fraction of sp³-hybridized carbons (Fsp3) is 0.227. The number of halogens is 1. The maximum atomic E-state index is 12.3. The van der Waals surface area contributed by atoms with E-state index in [-0.39, 0.29) is 17.5 Å². The highest BCUT2D eigenvalue weighted by atomic mass is 35.5. The van der Waals surface area contributed by atoms with E-state index in [1.807, 2.05) is 6.92 Å². The van der Waals surface area contributed by atoms with Gasteiger partial charge in [0.1, 0.15) is 0 Å². The molecule has 7 nitrogen and oxygen atoms in total. The Labute approximate surface area is 179 Å². The first kappa shape index (κ1) is 21.4. The van der Waals surface area contributed by atoms with Crippen LogP contribution in [0.25, 0.3) is 6.08 Å². The third kappa shape index (κ3) is 4.99. The Morgan fingerprint density at radius 1 is 1.27 bits per heavy atom. The number of nitrogens with zero attached hydrogens (tertiary/aromatic N) is 1. The Kier molecular flexibility index (Phi) is 6.74. The predicted molar refractivity (Wildman–Crippen MR) is 115 cm³/mol. The van der Waals surface area contributed by atoms with Crippen molar-refractivity contribution < 1.29 is 23.8 Å². The molecule has 1 aliphatic rings. The van der Waals surface area contributed by atoms with Crippen LogP contribution in [0.2, 0.25) is 5.02 Å². The maximum Gasteiger partial charge on any atom is 0.363 e. The molecule has 8 heteroatoms. The normalized spacial score (nSPS) is 14.3. The lowest BCUT2D eigenvalue weighted by molar-refractivity contribution is -0.129. The number of methoxy groups -OCH3 is 1. The van der Waals surface area contributed by atoms with Gasteiger partial charge in [-0.05, 0) is 54.5 Å². The van der Waals surface area contributed by atoms with Crippen molar-refractivity contribution in [1.82, 2.24) is 0 Å². The lowest BCUT2D eigenvalue weighted by Crippen LogP contribution is -2.07. The molecule has 0 atom stereocenters. The molecule has 2 aromatic carbocycles. The fourth-order valence-corrected chi connectivity index (χ4v) is 3.03. The molecule has 0 radical (unpaired) electrons. The number of carbonyl (C=O) groups is 2. The summed E-state index contributed by atoms with van der Waals surface area (Å²) >= 11 is 6.33. The second kappa shape index (κ2) is 9.45. The van der Waals surface area contributed by atoms with Gasteiger partial charge in [0.05, 0.1) is 18.7 Å². The van der Waals surface area contributed by atoms with Crippen LogP contribution in [0.5, 0.6) is 11.5 Å². The minimum atomic E-state index is -0.572. The minimum Gasteiger partial charge on any atom is -0.493 e. The lowest BCUT2D eigenvalue weighted by Gasteiger charge is -2.12. The highest BCUT2D eigenvalue weighted by Gasteiger charge is 2.24. The molecule has 0 saturated heterocycles. The fourth-order valence-electron chi connectivity index (χ4n) is 2.76. The van der Waals surface area contributed by atoms with E-state index in [4.69, 9.17) is 25.8 Å². The van der Waals surface area contributed by atoms with Gasteiger partial charge in [-0.15, -0.1) is 0 Å². The van der Waals surface area contributed by atoms with Crippen molar-refractivity contribution in [3.8, 4) is 11.5 Å². The largest absolute Gasteiger partial charge is 0.493 e. The predicted octanol–water partition coefficient (Wildman–Crippen LogP) is 4.44. The molecule has 156 valence electrons. The Morgan fingerprint density at radius 2 is 2.00 bits per heavy atom. The number of hydrogen-bond acceptors (Lipinski definition) is 6. The molecule has 0 aliphatic carbocycles. The standard InChI is InChI=1S/C22H21ClN2O5/c1-4-9-29-20-17(23)10-14(12-19(20)28-3)11-18-22(27)30-21(25-18)15-5-7-16(8-6-15)24-13(2)26/h5-8,10-12H,4,9H2,1-3H3,(H,24,26)/b18-11-. The molecular weight excluding hydrogens is 408 g/mol. The van der Waals surface area contributed by atoms with Gasteiger partial charge in [0.15, 0.2) is 17.2 Å². The SMILES string of the molecule is CCCOc1c(Cl)cc(/C=C2\N=C(c3ccc(NC(C)=O)cc3)OC2=O)cc1OC.